The van der Waals surface area contributed by atoms with Gasteiger partial charge in [0.1, 0.15) is 11.6 Å². The van der Waals surface area contributed by atoms with Crippen molar-refractivity contribution in [2.75, 3.05) is 0 Å². The summed E-state index contributed by atoms with van der Waals surface area (Å²) in [6.45, 7) is 6.18. The summed E-state index contributed by atoms with van der Waals surface area (Å²) in [6, 6.07) is 20.4. The number of rotatable bonds is 10. The average Bonchev–Trinajstić information content (AvgIpc) is 3.53. The van der Waals surface area contributed by atoms with Crippen LogP contribution in [-0.2, 0) is 16.6 Å². The second kappa shape index (κ2) is 13.4. The van der Waals surface area contributed by atoms with Gasteiger partial charge in [-0.2, -0.15) is 0 Å². The highest BCUT2D eigenvalue weighted by Crippen LogP contribution is 2.32. The fourth-order valence-electron chi connectivity index (χ4n) is 4.93. The molecular formula is C36H30F4N2O4S. The molecule has 47 heavy (non-hydrogen) atoms. The number of hydrogen-bond acceptors (Lipinski definition) is 6. The van der Waals surface area contributed by atoms with Crippen LogP contribution in [0, 0.1) is 11.7 Å². The number of benzene rings is 3. The van der Waals surface area contributed by atoms with Gasteiger partial charge in [-0.3, -0.25) is 9.59 Å². The van der Waals surface area contributed by atoms with Crippen LogP contribution in [0.25, 0.3) is 33.6 Å². The summed E-state index contributed by atoms with van der Waals surface area (Å²) < 4.78 is 56.2. The Kier molecular flexibility index (Phi) is 9.58. The van der Waals surface area contributed by atoms with Crippen LogP contribution in [-0.4, -0.2) is 33.2 Å². The Bertz CT molecular complexity index is 1880. The molecule has 0 saturated heterocycles. The van der Waals surface area contributed by atoms with Crippen LogP contribution in [0.15, 0.2) is 91.3 Å². The van der Waals surface area contributed by atoms with Crippen LogP contribution in [0.1, 0.15) is 47.3 Å². The van der Waals surface area contributed by atoms with Gasteiger partial charge in [-0.1, -0.05) is 69.3 Å². The van der Waals surface area contributed by atoms with Crippen molar-refractivity contribution in [2.45, 2.75) is 45.4 Å². The molecule has 5 rings (SSSR count). The fourth-order valence-corrected chi connectivity index (χ4v) is 5.94. The molecule has 0 aliphatic rings. The largest absolute Gasteiger partial charge is 0.573 e. The van der Waals surface area contributed by atoms with E-state index in [1.807, 2.05) is 6.07 Å². The number of nitrogens with zero attached hydrogens (tertiary/aromatic N) is 2. The lowest BCUT2D eigenvalue weighted by atomic mass is 9.93. The van der Waals surface area contributed by atoms with E-state index in [2.05, 4.69) is 35.5 Å². The summed E-state index contributed by atoms with van der Waals surface area (Å²) in [5.41, 5.74) is 2.98. The topological polar surface area (TPSA) is 89.4 Å². The molecule has 2 heterocycles. The first-order chi connectivity index (χ1) is 22.2. The predicted octanol–water partition coefficient (Wildman–Crippen LogP) is 9.39. The van der Waals surface area contributed by atoms with Crippen LogP contribution >= 0.6 is 11.3 Å². The number of ketones is 1. The fraction of sp³-hybridized carbons (Fsp3) is 0.222. The highest BCUT2D eigenvalue weighted by Gasteiger charge is 2.31. The minimum Gasteiger partial charge on any atom is -0.481 e. The number of carboxylic acid groups (broad SMARTS) is 1. The van der Waals surface area contributed by atoms with Gasteiger partial charge in [0.15, 0.2) is 11.6 Å². The Morgan fingerprint density at radius 1 is 0.830 bits per heavy atom. The van der Waals surface area contributed by atoms with Gasteiger partial charge in [-0.05, 0) is 58.9 Å². The van der Waals surface area contributed by atoms with Gasteiger partial charge in [-0.15, -0.1) is 24.5 Å². The molecule has 0 bridgehead atoms. The highest BCUT2D eigenvalue weighted by molar-refractivity contribution is 7.14. The number of Topliss-reactive ketones (excluding diaryl/α,β-unsaturated/α-hetero) is 1. The van der Waals surface area contributed by atoms with E-state index in [9.17, 15) is 27.9 Å². The van der Waals surface area contributed by atoms with Crippen molar-refractivity contribution >= 4 is 23.1 Å². The van der Waals surface area contributed by atoms with Crippen molar-refractivity contribution in [2.24, 2.45) is 5.92 Å². The van der Waals surface area contributed by atoms with E-state index in [1.165, 1.54) is 41.9 Å². The lowest BCUT2D eigenvalue weighted by Gasteiger charge is -2.15. The lowest BCUT2D eigenvalue weighted by Crippen LogP contribution is -2.20. The van der Waals surface area contributed by atoms with Crippen LogP contribution in [0.3, 0.4) is 0 Å². The Balaban J connectivity index is 1.23. The quantitative estimate of drug-likeness (QED) is 0.118. The molecule has 3 aromatic carbocycles. The van der Waals surface area contributed by atoms with E-state index in [1.54, 1.807) is 42.5 Å². The van der Waals surface area contributed by atoms with E-state index >= 15 is 4.39 Å². The summed E-state index contributed by atoms with van der Waals surface area (Å²) in [7, 11) is 0. The third-order valence-corrected chi connectivity index (χ3v) is 9.00. The van der Waals surface area contributed by atoms with Crippen molar-refractivity contribution < 1.29 is 37.0 Å². The Morgan fingerprint density at radius 3 is 2.00 bits per heavy atom. The van der Waals surface area contributed by atoms with Crippen LogP contribution in [0.5, 0.6) is 5.75 Å². The van der Waals surface area contributed by atoms with Crippen LogP contribution in [0.2, 0.25) is 0 Å². The van der Waals surface area contributed by atoms with Crippen molar-refractivity contribution in [1.82, 2.24) is 9.97 Å². The number of carboxylic acids is 1. The molecule has 11 heteroatoms. The number of carbonyl (C=O) groups is 2. The van der Waals surface area contributed by atoms with E-state index in [4.69, 9.17) is 0 Å². The van der Waals surface area contributed by atoms with Crippen LogP contribution < -0.4 is 4.74 Å². The third-order valence-electron chi connectivity index (χ3n) is 7.45. The molecule has 242 valence electrons. The molecule has 0 aliphatic heterocycles. The van der Waals surface area contributed by atoms with Gasteiger partial charge in [0, 0.05) is 40.4 Å². The number of aromatic nitrogens is 2. The number of alkyl halides is 3. The molecular weight excluding hydrogens is 632 g/mol. The summed E-state index contributed by atoms with van der Waals surface area (Å²) in [6.07, 6.45) is -1.75. The first kappa shape index (κ1) is 33.5. The van der Waals surface area contributed by atoms with Gasteiger partial charge in [0.2, 0.25) is 0 Å². The second-order valence-corrected chi connectivity index (χ2v) is 13.1. The van der Waals surface area contributed by atoms with Crippen molar-refractivity contribution in [1.29, 1.82) is 0 Å². The molecule has 6 nitrogen and oxygen atoms in total. The maximum absolute atomic E-state index is 15.1. The minimum atomic E-state index is -4.80. The van der Waals surface area contributed by atoms with Crippen molar-refractivity contribution in [3.63, 3.8) is 0 Å². The van der Waals surface area contributed by atoms with E-state index in [0.29, 0.717) is 33.0 Å². The van der Waals surface area contributed by atoms with Gasteiger partial charge in [0.05, 0.1) is 10.8 Å². The maximum Gasteiger partial charge on any atom is 0.573 e. The monoisotopic (exact) mass is 662 g/mol. The second-order valence-electron chi connectivity index (χ2n) is 12.0. The van der Waals surface area contributed by atoms with E-state index in [-0.39, 0.29) is 35.4 Å². The molecule has 2 aromatic heterocycles. The van der Waals surface area contributed by atoms with Gasteiger partial charge < -0.3 is 9.84 Å². The molecule has 0 saturated carbocycles. The number of hydrogen-bond donors (Lipinski definition) is 1. The highest BCUT2D eigenvalue weighted by atomic mass is 32.1. The van der Waals surface area contributed by atoms with Crippen molar-refractivity contribution in [3.05, 3.63) is 112 Å². The molecule has 1 N–H and O–H groups in total. The van der Waals surface area contributed by atoms with Gasteiger partial charge in [0.25, 0.3) is 0 Å². The van der Waals surface area contributed by atoms with Gasteiger partial charge in [-0.25, -0.2) is 14.4 Å². The maximum atomic E-state index is 15.1. The molecule has 5 aromatic rings. The summed E-state index contributed by atoms with van der Waals surface area (Å²) in [4.78, 5) is 35.3. The summed E-state index contributed by atoms with van der Waals surface area (Å²) >= 11 is 1.40. The predicted molar refractivity (Wildman–Crippen MR) is 172 cm³/mol. The molecule has 0 aliphatic carbocycles. The number of thiophene rings is 1. The zero-order valence-electron chi connectivity index (χ0n) is 25.6. The van der Waals surface area contributed by atoms with Gasteiger partial charge >= 0.3 is 12.3 Å². The normalized spacial score (nSPS) is 12.5. The molecule has 1 atom stereocenters. The first-order valence-electron chi connectivity index (χ1n) is 14.6. The lowest BCUT2D eigenvalue weighted by molar-refractivity contribution is -0.274. The number of ether oxygens (including phenoxy) is 1. The molecule has 0 unspecified atom stereocenters. The third kappa shape index (κ3) is 8.48. The van der Waals surface area contributed by atoms with E-state index < -0.39 is 24.1 Å². The summed E-state index contributed by atoms with van der Waals surface area (Å²) in [5, 5.41) is 9.82. The smallest absolute Gasteiger partial charge is 0.481 e. The molecule has 0 radical (unpaired) electrons. The SMILES string of the molecule is CC(C)(C)c1ccc(C(=O)C[C@@H](Cc2ccc(-c3ncc(-c4ccc(-c5ccc(OC(F)(F)F)cc5)cc4F)cn3)cc2)C(=O)O)s1. The number of carbonyl (C=O) groups excluding carboxylic acids is 1. The first-order valence-corrected chi connectivity index (χ1v) is 15.4. The average molecular weight is 663 g/mol. The molecule has 0 fully saturated rings. The standard InChI is InChI=1S/C36H30F4N2O4S/c1-35(2,3)32-15-14-31(47-32)30(43)18-25(34(44)45)16-21-4-6-23(7-5-21)33-41-19-26(20-42-33)28-13-10-24(17-29(28)37)22-8-11-27(12-9-22)46-36(38,39)40/h4-15,17,19-20,25H,16,18H2,1-3H3,(H,44,45)/t25-/m1/s1. The minimum absolute atomic E-state index is 0.0948. The number of aliphatic carboxylic acids is 1. The van der Waals surface area contributed by atoms with E-state index in [0.717, 1.165) is 22.6 Å². The Hall–Kier alpha value is -4.90. The Morgan fingerprint density at radius 2 is 1.45 bits per heavy atom. The zero-order chi connectivity index (χ0) is 33.9. The zero-order valence-corrected chi connectivity index (χ0v) is 26.5. The number of halogens is 4. The Labute approximate surface area is 272 Å². The molecule has 0 amide bonds. The van der Waals surface area contributed by atoms with Crippen LogP contribution in [0.4, 0.5) is 17.6 Å². The summed E-state index contributed by atoms with van der Waals surface area (Å²) in [5.74, 6) is -2.65. The molecule has 0 spiro atoms. The van der Waals surface area contributed by atoms with Crippen molar-refractivity contribution in [3.8, 4) is 39.4 Å².